The number of aliphatic hydroxyl groups is 2. The quantitative estimate of drug-likeness (QED) is 0.0385. The fourth-order valence-electron chi connectivity index (χ4n) is 11.4. The number of unbranched alkanes of at least 4 members (excludes halogenated alkanes) is 20. The van der Waals surface area contributed by atoms with Crippen LogP contribution in [0, 0.1) is 0 Å². The number of aliphatic hydroxyl groups excluding tert-OH is 2. The number of ether oxygens (including phenoxy) is 2. The average Bonchev–Trinajstić information content (AvgIpc) is 3.70. The SMILES string of the molecule is CCCCCCCCC1(CCCCCCCC)c2cc(-c3ccc(-c4ccc(OCCCCCCCCO)cc4)cc3)ccc2-c2ccc(-c3ccc(-c4ccc(OCCCCCCCCO)cc4)cc3)cc21. The van der Waals surface area contributed by atoms with Gasteiger partial charge in [-0.25, -0.2) is 0 Å². The molecule has 1 aliphatic carbocycles. The Kier molecular flexibility index (Phi) is 23.5. The van der Waals surface area contributed by atoms with Crippen LogP contribution in [0.25, 0.3) is 55.6 Å². The monoisotopic (exact) mass is 983 g/mol. The van der Waals surface area contributed by atoms with Crippen molar-refractivity contribution in [1.29, 1.82) is 0 Å². The minimum absolute atomic E-state index is 0.0275. The molecule has 0 spiro atoms. The highest BCUT2D eigenvalue weighted by Gasteiger charge is 2.42. The first-order chi connectivity index (χ1) is 36.1. The molecular weight excluding hydrogens is 893 g/mol. The van der Waals surface area contributed by atoms with Crippen molar-refractivity contribution in [1.82, 2.24) is 0 Å². The molecule has 0 aliphatic heterocycles. The number of hydrogen-bond donors (Lipinski definition) is 2. The fourth-order valence-corrected chi connectivity index (χ4v) is 11.4. The predicted molar refractivity (Wildman–Crippen MR) is 311 cm³/mol. The van der Waals surface area contributed by atoms with Gasteiger partial charge in [-0.3, -0.25) is 0 Å². The molecule has 6 aromatic rings. The number of rotatable bonds is 36. The Bertz CT molecular complexity index is 2280. The van der Waals surface area contributed by atoms with Crippen molar-refractivity contribution in [2.75, 3.05) is 26.4 Å². The summed E-state index contributed by atoms with van der Waals surface area (Å²) in [4.78, 5) is 0. The Morgan fingerprint density at radius 2 is 0.575 bits per heavy atom. The molecule has 1 aliphatic rings. The lowest BCUT2D eigenvalue weighted by Gasteiger charge is -2.33. The molecule has 4 heteroatoms. The van der Waals surface area contributed by atoms with Gasteiger partial charge in [0.15, 0.2) is 0 Å². The minimum Gasteiger partial charge on any atom is -0.494 e. The molecule has 390 valence electrons. The molecule has 0 saturated heterocycles. The maximum absolute atomic E-state index is 9.01. The normalized spacial score (nSPS) is 12.5. The second kappa shape index (κ2) is 30.9. The molecule has 0 bridgehead atoms. The fraction of sp³-hybridized carbons (Fsp3) is 0.478. The first kappa shape index (κ1) is 55.6. The van der Waals surface area contributed by atoms with Gasteiger partial charge >= 0.3 is 0 Å². The summed E-state index contributed by atoms with van der Waals surface area (Å²) in [5.41, 5.74) is 15.9. The molecule has 0 atom stereocenters. The Balaban J connectivity index is 1.09. The Labute approximate surface area is 442 Å². The van der Waals surface area contributed by atoms with Crippen LogP contribution in [-0.4, -0.2) is 36.6 Å². The van der Waals surface area contributed by atoms with Gasteiger partial charge in [-0.2, -0.15) is 0 Å². The van der Waals surface area contributed by atoms with Gasteiger partial charge < -0.3 is 19.7 Å². The molecule has 0 fully saturated rings. The van der Waals surface area contributed by atoms with Crippen molar-refractivity contribution in [3.05, 3.63) is 145 Å². The van der Waals surface area contributed by atoms with Gasteiger partial charge in [-0.05, 0) is 142 Å². The topological polar surface area (TPSA) is 58.9 Å². The zero-order valence-electron chi connectivity index (χ0n) is 45.1. The van der Waals surface area contributed by atoms with Gasteiger partial charge in [0.05, 0.1) is 13.2 Å². The lowest BCUT2D eigenvalue weighted by Crippen LogP contribution is -2.25. The van der Waals surface area contributed by atoms with Gasteiger partial charge in [0.2, 0.25) is 0 Å². The summed E-state index contributed by atoms with van der Waals surface area (Å²) in [6.45, 7) is 6.74. The Morgan fingerprint density at radius 1 is 0.301 bits per heavy atom. The van der Waals surface area contributed by atoms with E-state index in [1.165, 1.54) is 195 Å². The van der Waals surface area contributed by atoms with E-state index in [9.17, 15) is 0 Å². The van der Waals surface area contributed by atoms with Crippen molar-refractivity contribution in [3.63, 3.8) is 0 Å². The third kappa shape index (κ3) is 16.4. The summed E-state index contributed by atoms with van der Waals surface area (Å²) in [6.07, 6.45) is 31.4. The molecule has 2 N–H and O–H groups in total. The van der Waals surface area contributed by atoms with Gasteiger partial charge in [-0.1, -0.05) is 239 Å². The second-order valence-electron chi connectivity index (χ2n) is 21.2. The lowest BCUT2D eigenvalue weighted by atomic mass is 9.70. The summed E-state index contributed by atoms with van der Waals surface area (Å²) in [5.74, 6) is 1.87. The number of benzene rings is 6. The van der Waals surface area contributed by atoms with Gasteiger partial charge in [0.25, 0.3) is 0 Å². The van der Waals surface area contributed by atoms with Crippen LogP contribution in [0.2, 0.25) is 0 Å². The van der Waals surface area contributed by atoms with E-state index >= 15 is 0 Å². The highest BCUT2D eigenvalue weighted by atomic mass is 16.5. The highest BCUT2D eigenvalue weighted by molar-refractivity contribution is 5.86. The van der Waals surface area contributed by atoms with E-state index in [-0.39, 0.29) is 5.41 Å². The summed E-state index contributed by atoms with van der Waals surface area (Å²) in [7, 11) is 0. The molecule has 0 aromatic heterocycles. The van der Waals surface area contributed by atoms with E-state index in [2.05, 4.69) is 147 Å². The maximum atomic E-state index is 9.01. The molecule has 0 amide bonds. The smallest absolute Gasteiger partial charge is 0.119 e. The molecule has 0 heterocycles. The molecule has 73 heavy (non-hydrogen) atoms. The highest BCUT2D eigenvalue weighted by Crippen LogP contribution is 2.56. The van der Waals surface area contributed by atoms with Crippen LogP contribution < -0.4 is 9.47 Å². The molecule has 0 saturated carbocycles. The summed E-state index contributed by atoms with van der Waals surface area (Å²) in [5, 5.41) is 18.0. The second-order valence-corrected chi connectivity index (χ2v) is 21.2. The third-order valence-corrected chi connectivity index (χ3v) is 15.7. The number of fused-ring (bicyclic) bond motifs is 3. The Hall–Kier alpha value is -5.16. The van der Waals surface area contributed by atoms with Gasteiger partial charge in [-0.15, -0.1) is 0 Å². The first-order valence-corrected chi connectivity index (χ1v) is 29.3. The van der Waals surface area contributed by atoms with Crippen LogP contribution >= 0.6 is 0 Å². The van der Waals surface area contributed by atoms with Gasteiger partial charge in [0.1, 0.15) is 11.5 Å². The third-order valence-electron chi connectivity index (χ3n) is 15.7. The van der Waals surface area contributed by atoms with E-state index in [0.717, 1.165) is 63.2 Å². The van der Waals surface area contributed by atoms with Crippen molar-refractivity contribution in [3.8, 4) is 67.1 Å². The Morgan fingerprint density at radius 3 is 0.918 bits per heavy atom. The van der Waals surface area contributed by atoms with Crippen molar-refractivity contribution in [2.45, 2.75) is 186 Å². The van der Waals surface area contributed by atoms with Crippen LogP contribution in [-0.2, 0) is 5.41 Å². The lowest BCUT2D eigenvalue weighted by molar-refractivity contribution is 0.280. The molecule has 0 unspecified atom stereocenters. The number of hydrogen-bond acceptors (Lipinski definition) is 4. The standard InChI is InChI=1S/C69H90O4/c1-3-5-7-9-15-21-47-69(48-22-16-10-8-6-4-2)67-53-61(59-31-27-55(28-32-59)57-35-41-63(42-36-57)72-51-25-19-13-11-17-23-49-70)39-45-65(67)66-46-40-62(54-68(66)69)60-33-29-56(30-34-60)58-37-43-64(44-38-58)73-52-26-20-14-12-18-24-50-71/h27-46,53-54,70-71H,3-26,47-52H2,1-2H3. The summed E-state index contributed by atoms with van der Waals surface area (Å²) < 4.78 is 12.2. The molecule has 6 aromatic carbocycles. The average molecular weight is 983 g/mol. The van der Waals surface area contributed by atoms with Crippen LogP contribution in [0.1, 0.15) is 192 Å². The van der Waals surface area contributed by atoms with Crippen LogP contribution in [0.4, 0.5) is 0 Å². The zero-order chi connectivity index (χ0) is 50.8. The van der Waals surface area contributed by atoms with Crippen molar-refractivity contribution >= 4 is 0 Å². The van der Waals surface area contributed by atoms with E-state index in [4.69, 9.17) is 19.7 Å². The summed E-state index contributed by atoms with van der Waals surface area (Å²) in [6, 6.07) is 50.5. The van der Waals surface area contributed by atoms with Crippen molar-refractivity contribution < 1.29 is 19.7 Å². The van der Waals surface area contributed by atoms with E-state index in [1.54, 1.807) is 0 Å². The van der Waals surface area contributed by atoms with Crippen LogP contribution in [0.5, 0.6) is 11.5 Å². The zero-order valence-corrected chi connectivity index (χ0v) is 45.1. The van der Waals surface area contributed by atoms with Crippen LogP contribution in [0.15, 0.2) is 133 Å². The molecule has 7 rings (SSSR count). The molecule has 4 nitrogen and oxygen atoms in total. The summed E-state index contributed by atoms with van der Waals surface area (Å²) >= 11 is 0. The molecule has 0 radical (unpaired) electrons. The van der Waals surface area contributed by atoms with Crippen LogP contribution in [0.3, 0.4) is 0 Å². The van der Waals surface area contributed by atoms with Crippen molar-refractivity contribution in [2.24, 2.45) is 0 Å². The predicted octanol–water partition coefficient (Wildman–Crippen LogP) is 19.5. The van der Waals surface area contributed by atoms with E-state index < -0.39 is 0 Å². The van der Waals surface area contributed by atoms with Gasteiger partial charge in [0, 0.05) is 18.6 Å². The molecular formula is C69H90O4. The van der Waals surface area contributed by atoms with E-state index in [0.29, 0.717) is 13.2 Å². The minimum atomic E-state index is -0.0275. The largest absolute Gasteiger partial charge is 0.494 e. The first-order valence-electron chi connectivity index (χ1n) is 29.3. The maximum Gasteiger partial charge on any atom is 0.119 e. The van der Waals surface area contributed by atoms with E-state index in [1.807, 2.05) is 0 Å².